The first-order valence-electron chi connectivity index (χ1n) is 6.41. The van der Waals surface area contributed by atoms with E-state index in [1.807, 2.05) is 20.8 Å². The van der Waals surface area contributed by atoms with Gasteiger partial charge in [-0.25, -0.2) is 0 Å². The first-order valence-corrected chi connectivity index (χ1v) is 6.41. The summed E-state index contributed by atoms with van der Waals surface area (Å²) in [5.41, 5.74) is -0.434. The van der Waals surface area contributed by atoms with E-state index in [0.29, 0.717) is 0 Å². The van der Waals surface area contributed by atoms with Crippen molar-refractivity contribution in [3.63, 3.8) is 0 Å². The van der Waals surface area contributed by atoms with Gasteiger partial charge in [0, 0.05) is 13.1 Å². The molecule has 18 heavy (non-hydrogen) atoms. The van der Waals surface area contributed by atoms with E-state index in [1.54, 1.807) is 11.9 Å². The molecule has 0 heterocycles. The van der Waals surface area contributed by atoms with Crippen molar-refractivity contribution in [2.24, 2.45) is 22.7 Å². The van der Waals surface area contributed by atoms with Crippen LogP contribution in [-0.4, -0.2) is 35.0 Å². The van der Waals surface area contributed by atoms with Crippen molar-refractivity contribution in [2.75, 3.05) is 7.05 Å². The van der Waals surface area contributed by atoms with Crippen LogP contribution in [0.4, 0.5) is 0 Å². The van der Waals surface area contributed by atoms with Crippen molar-refractivity contribution in [1.82, 2.24) is 4.90 Å². The molecule has 0 aliphatic heterocycles. The second-order valence-corrected chi connectivity index (χ2v) is 7.11. The molecule has 0 spiro atoms. The van der Waals surface area contributed by atoms with Crippen molar-refractivity contribution in [3.05, 3.63) is 0 Å². The molecule has 0 aromatic heterocycles. The minimum Gasteiger partial charge on any atom is -0.481 e. The van der Waals surface area contributed by atoms with Gasteiger partial charge in [-0.1, -0.05) is 34.6 Å². The monoisotopic (exact) mass is 255 g/mol. The number of carbonyl (C=O) groups excluding carboxylic acids is 1. The molecular formula is C14H25NO3. The zero-order chi connectivity index (χ0) is 14.5. The maximum absolute atomic E-state index is 12.4. The van der Waals surface area contributed by atoms with Crippen LogP contribution in [0.15, 0.2) is 0 Å². The highest BCUT2D eigenvalue weighted by Crippen LogP contribution is 2.59. The molecule has 1 fully saturated rings. The highest BCUT2D eigenvalue weighted by Gasteiger charge is 2.66. The summed E-state index contributed by atoms with van der Waals surface area (Å²) in [6.45, 7) is 11.9. The van der Waals surface area contributed by atoms with Gasteiger partial charge in [0.15, 0.2) is 0 Å². The van der Waals surface area contributed by atoms with Gasteiger partial charge in [-0.05, 0) is 17.8 Å². The van der Waals surface area contributed by atoms with Gasteiger partial charge in [0.25, 0.3) is 0 Å². The molecule has 1 amide bonds. The van der Waals surface area contributed by atoms with Crippen LogP contribution in [0, 0.1) is 22.7 Å². The van der Waals surface area contributed by atoms with E-state index >= 15 is 0 Å². The molecule has 0 radical (unpaired) electrons. The number of aliphatic carboxylic acids is 1. The summed E-state index contributed by atoms with van der Waals surface area (Å²) >= 11 is 0. The summed E-state index contributed by atoms with van der Waals surface area (Å²) in [6, 6.07) is 0.0795. The predicted octanol–water partition coefficient (Wildman–Crippen LogP) is 2.24. The zero-order valence-electron chi connectivity index (χ0n) is 12.4. The van der Waals surface area contributed by atoms with Crippen LogP contribution < -0.4 is 0 Å². The molecule has 3 unspecified atom stereocenters. The average Bonchev–Trinajstić information content (AvgIpc) is 2.77. The molecule has 0 saturated heterocycles. The Kier molecular flexibility index (Phi) is 3.54. The van der Waals surface area contributed by atoms with Gasteiger partial charge in [-0.3, -0.25) is 9.59 Å². The van der Waals surface area contributed by atoms with Crippen LogP contribution in [0.25, 0.3) is 0 Å². The van der Waals surface area contributed by atoms with E-state index in [4.69, 9.17) is 5.11 Å². The van der Waals surface area contributed by atoms with Gasteiger partial charge in [-0.15, -0.1) is 0 Å². The van der Waals surface area contributed by atoms with Crippen molar-refractivity contribution in [1.29, 1.82) is 0 Å². The number of nitrogens with zero attached hydrogens (tertiary/aromatic N) is 1. The smallest absolute Gasteiger partial charge is 0.307 e. The molecular weight excluding hydrogens is 230 g/mol. The second-order valence-electron chi connectivity index (χ2n) is 7.11. The average molecular weight is 255 g/mol. The number of amides is 1. The van der Waals surface area contributed by atoms with Gasteiger partial charge in [0.05, 0.1) is 11.8 Å². The van der Waals surface area contributed by atoms with Gasteiger partial charge in [0.2, 0.25) is 5.91 Å². The predicted molar refractivity (Wildman–Crippen MR) is 70.1 cm³/mol. The number of hydrogen-bond acceptors (Lipinski definition) is 2. The standard InChI is InChI=1S/C14H25NO3/c1-8(13(2,3)4)15(7)11(16)9-10(12(17)18)14(9,5)6/h8-10H,1-7H3,(H,17,18). The fraction of sp³-hybridized carbons (Fsp3) is 0.857. The number of carboxylic acids is 1. The Morgan fingerprint density at radius 2 is 1.67 bits per heavy atom. The first-order chi connectivity index (χ1) is 7.92. The zero-order valence-corrected chi connectivity index (χ0v) is 12.4. The molecule has 1 N–H and O–H groups in total. The lowest BCUT2D eigenvalue weighted by atomic mass is 9.87. The lowest BCUT2D eigenvalue weighted by Crippen LogP contribution is -2.44. The largest absolute Gasteiger partial charge is 0.481 e. The Morgan fingerprint density at radius 3 is 1.94 bits per heavy atom. The highest BCUT2D eigenvalue weighted by atomic mass is 16.4. The van der Waals surface area contributed by atoms with Crippen molar-refractivity contribution < 1.29 is 14.7 Å². The summed E-state index contributed by atoms with van der Waals surface area (Å²) in [6.07, 6.45) is 0. The van der Waals surface area contributed by atoms with Crippen molar-refractivity contribution in [2.45, 2.75) is 47.6 Å². The Balaban J connectivity index is 2.82. The quantitative estimate of drug-likeness (QED) is 0.841. The summed E-state index contributed by atoms with van der Waals surface area (Å²) < 4.78 is 0. The third kappa shape index (κ3) is 2.38. The van der Waals surface area contributed by atoms with Crippen LogP contribution in [0.2, 0.25) is 0 Å². The molecule has 4 nitrogen and oxygen atoms in total. The van der Waals surface area contributed by atoms with E-state index in [1.165, 1.54) is 0 Å². The molecule has 1 aliphatic rings. The van der Waals surface area contributed by atoms with E-state index in [9.17, 15) is 9.59 Å². The van der Waals surface area contributed by atoms with E-state index in [0.717, 1.165) is 0 Å². The van der Waals surface area contributed by atoms with E-state index in [2.05, 4.69) is 20.8 Å². The van der Waals surface area contributed by atoms with Crippen molar-refractivity contribution >= 4 is 11.9 Å². The normalized spacial score (nSPS) is 27.5. The van der Waals surface area contributed by atoms with Gasteiger partial charge in [0.1, 0.15) is 0 Å². The molecule has 0 aromatic carbocycles. The van der Waals surface area contributed by atoms with Crippen LogP contribution >= 0.6 is 0 Å². The number of rotatable bonds is 3. The molecule has 3 atom stereocenters. The molecule has 104 valence electrons. The van der Waals surface area contributed by atoms with Crippen LogP contribution in [0.1, 0.15) is 41.5 Å². The fourth-order valence-electron chi connectivity index (χ4n) is 2.55. The number of carboxylic acid groups (broad SMARTS) is 1. The third-order valence-electron chi connectivity index (χ3n) is 4.54. The second kappa shape index (κ2) is 4.25. The minimum atomic E-state index is -0.866. The lowest BCUT2D eigenvalue weighted by Gasteiger charge is -2.35. The maximum atomic E-state index is 12.4. The molecule has 0 aromatic rings. The lowest BCUT2D eigenvalue weighted by molar-refractivity contribution is -0.142. The van der Waals surface area contributed by atoms with Crippen LogP contribution in [0.5, 0.6) is 0 Å². The maximum Gasteiger partial charge on any atom is 0.307 e. The molecule has 0 bridgehead atoms. The van der Waals surface area contributed by atoms with Crippen LogP contribution in [0.3, 0.4) is 0 Å². The minimum absolute atomic E-state index is 0.0117. The van der Waals surface area contributed by atoms with Crippen LogP contribution in [-0.2, 0) is 9.59 Å². The van der Waals surface area contributed by atoms with Gasteiger partial charge in [-0.2, -0.15) is 0 Å². The van der Waals surface area contributed by atoms with Gasteiger partial charge >= 0.3 is 5.97 Å². The van der Waals surface area contributed by atoms with E-state index < -0.39 is 17.3 Å². The molecule has 4 heteroatoms. The summed E-state index contributed by atoms with van der Waals surface area (Å²) in [5, 5.41) is 9.12. The Hall–Kier alpha value is -1.06. The topological polar surface area (TPSA) is 57.6 Å². The molecule has 1 saturated carbocycles. The Bertz CT molecular complexity index is 368. The Labute approximate surface area is 109 Å². The highest BCUT2D eigenvalue weighted by molar-refractivity contribution is 5.91. The number of hydrogen-bond donors (Lipinski definition) is 1. The Morgan fingerprint density at radius 1 is 1.22 bits per heavy atom. The van der Waals surface area contributed by atoms with Crippen molar-refractivity contribution in [3.8, 4) is 0 Å². The van der Waals surface area contributed by atoms with Gasteiger partial charge < -0.3 is 10.0 Å². The third-order valence-corrected chi connectivity index (χ3v) is 4.54. The summed E-state index contributed by atoms with van der Waals surface area (Å²) in [7, 11) is 1.77. The van der Waals surface area contributed by atoms with E-state index in [-0.39, 0.29) is 23.3 Å². The number of carbonyl (C=O) groups is 2. The first kappa shape index (κ1) is 15.0. The SMILES string of the molecule is CC(N(C)C(=O)C1C(C(=O)O)C1(C)C)C(C)(C)C. The molecule has 1 rings (SSSR count). The summed E-state index contributed by atoms with van der Waals surface area (Å²) in [4.78, 5) is 25.2. The molecule has 1 aliphatic carbocycles. The fourth-order valence-corrected chi connectivity index (χ4v) is 2.55. The summed E-state index contributed by atoms with van der Waals surface area (Å²) in [5.74, 6) is -1.84.